The maximum Gasteiger partial charge on any atom is 0.274 e. The van der Waals surface area contributed by atoms with E-state index >= 15 is 0 Å². The Bertz CT molecular complexity index is 1420. The minimum atomic E-state index is -0.527. The van der Waals surface area contributed by atoms with Crippen LogP contribution in [-0.2, 0) is 0 Å². The molecule has 1 aliphatic rings. The highest BCUT2D eigenvalue weighted by Crippen LogP contribution is 2.38. The number of likely N-dealkylation sites (N-methyl/N-ethyl adjacent to an activating group) is 1. The van der Waals surface area contributed by atoms with E-state index in [0.29, 0.717) is 11.4 Å². The number of piperidine rings is 1. The van der Waals surface area contributed by atoms with Gasteiger partial charge < -0.3 is 20.3 Å². The van der Waals surface area contributed by atoms with Crippen molar-refractivity contribution in [2.24, 2.45) is 0 Å². The highest BCUT2D eigenvalue weighted by molar-refractivity contribution is 7.18. The minimum Gasteiger partial charge on any atom is -0.496 e. The van der Waals surface area contributed by atoms with Gasteiger partial charge in [-0.25, -0.2) is 19.3 Å². The van der Waals surface area contributed by atoms with Gasteiger partial charge in [-0.2, -0.15) is 0 Å². The van der Waals surface area contributed by atoms with E-state index in [0.717, 1.165) is 46.8 Å². The number of anilines is 2. The molecule has 1 saturated heterocycles. The molecule has 1 atom stereocenters. The van der Waals surface area contributed by atoms with E-state index in [1.54, 1.807) is 23.5 Å². The van der Waals surface area contributed by atoms with Crippen LogP contribution in [-0.4, -0.2) is 54.1 Å². The number of carbonyl (C=O) groups excluding carboxylic acids is 1. The molecule has 1 amide bonds. The van der Waals surface area contributed by atoms with Crippen LogP contribution in [0.25, 0.3) is 21.6 Å². The second-order valence-electron chi connectivity index (χ2n) is 8.69. The third-order valence-electron chi connectivity index (χ3n) is 6.37. The molecule has 0 bridgehead atoms. The van der Waals surface area contributed by atoms with Gasteiger partial charge in [-0.05, 0) is 56.6 Å². The van der Waals surface area contributed by atoms with Crippen molar-refractivity contribution in [1.29, 1.82) is 0 Å². The Kier molecular flexibility index (Phi) is 6.80. The van der Waals surface area contributed by atoms with Crippen LogP contribution >= 0.6 is 11.3 Å². The summed E-state index contributed by atoms with van der Waals surface area (Å²) in [7, 11) is 3.50. The number of hydrogen-bond acceptors (Lipinski definition) is 8. The van der Waals surface area contributed by atoms with E-state index in [2.05, 4.69) is 25.5 Å². The summed E-state index contributed by atoms with van der Waals surface area (Å²) in [6, 6.07) is 10.1. The molecule has 2 aromatic carbocycles. The maximum atomic E-state index is 14.6. The van der Waals surface area contributed by atoms with Crippen LogP contribution in [0.1, 0.15) is 28.3 Å². The van der Waals surface area contributed by atoms with E-state index in [4.69, 9.17) is 9.72 Å². The lowest BCUT2D eigenvalue weighted by atomic mass is 10.0. The first kappa shape index (κ1) is 24.1. The second kappa shape index (κ2) is 10.2. The molecule has 1 unspecified atom stereocenters. The van der Waals surface area contributed by atoms with Gasteiger partial charge >= 0.3 is 0 Å². The Morgan fingerprint density at radius 3 is 2.89 bits per heavy atom. The molecular weight excluding hydrogens is 479 g/mol. The molecule has 0 saturated carbocycles. The molecule has 186 valence electrons. The molecule has 10 heteroatoms. The number of carbonyl (C=O) groups is 1. The van der Waals surface area contributed by atoms with Gasteiger partial charge in [0.2, 0.25) is 0 Å². The fourth-order valence-electron chi connectivity index (χ4n) is 4.58. The number of hydrogen-bond donors (Lipinski definition) is 2. The van der Waals surface area contributed by atoms with Crippen molar-refractivity contribution in [3.63, 3.8) is 0 Å². The Morgan fingerprint density at radius 2 is 2.11 bits per heavy atom. The van der Waals surface area contributed by atoms with Crippen LogP contribution in [0.15, 0.2) is 42.6 Å². The summed E-state index contributed by atoms with van der Waals surface area (Å²) in [4.78, 5) is 28.9. The quantitative estimate of drug-likeness (QED) is 0.393. The smallest absolute Gasteiger partial charge is 0.274 e. The summed E-state index contributed by atoms with van der Waals surface area (Å²) in [5, 5.41) is 7.44. The molecule has 4 aromatic rings. The number of halogens is 1. The molecule has 3 heterocycles. The Morgan fingerprint density at radius 1 is 1.25 bits per heavy atom. The normalized spacial score (nSPS) is 15.6. The number of ether oxygens (including phenoxy) is 1. The number of aryl methyl sites for hydroxylation is 1. The van der Waals surface area contributed by atoms with Crippen molar-refractivity contribution in [3.8, 4) is 17.1 Å². The van der Waals surface area contributed by atoms with Crippen LogP contribution < -0.4 is 20.3 Å². The second-order valence-corrected chi connectivity index (χ2v) is 9.92. The Balaban J connectivity index is 1.51. The van der Waals surface area contributed by atoms with Gasteiger partial charge in [0, 0.05) is 25.8 Å². The summed E-state index contributed by atoms with van der Waals surface area (Å²) < 4.78 is 20.9. The minimum absolute atomic E-state index is 0.0776. The van der Waals surface area contributed by atoms with Gasteiger partial charge in [-0.15, -0.1) is 11.3 Å². The highest BCUT2D eigenvalue weighted by atomic mass is 32.1. The molecule has 2 N–H and O–H groups in total. The zero-order chi connectivity index (χ0) is 25.2. The Hall–Kier alpha value is -3.63. The molecule has 1 fully saturated rings. The van der Waals surface area contributed by atoms with Gasteiger partial charge in [-0.3, -0.25) is 4.79 Å². The lowest BCUT2D eigenvalue weighted by Crippen LogP contribution is -2.44. The monoisotopic (exact) mass is 506 g/mol. The number of methoxy groups -OCH3 is 1. The molecular formula is C26H27FN6O2S. The summed E-state index contributed by atoms with van der Waals surface area (Å²) >= 11 is 1.62. The van der Waals surface area contributed by atoms with Crippen molar-refractivity contribution >= 4 is 38.8 Å². The predicted molar refractivity (Wildman–Crippen MR) is 141 cm³/mol. The van der Waals surface area contributed by atoms with Crippen LogP contribution in [0.2, 0.25) is 0 Å². The van der Waals surface area contributed by atoms with Gasteiger partial charge in [-0.1, -0.05) is 6.07 Å². The first-order valence-electron chi connectivity index (χ1n) is 11.8. The number of nitrogens with one attached hydrogen (secondary N) is 2. The van der Waals surface area contributed by atoms with Gasteiger partial charge in [0.05, 0.1) is 33.8 Å². The summed E-state index contributed by atoms with van der Waals surface area (Å²) in [5.74, 6) is -0.575. The topological polar surface area (TPSA) is 92.3 Å². The Labute approximate surface area is 212 Å². The summed E-state index contributed by atoms with van der Waals surface area (Å²) in [6.07, 6.45) is 3.58. The van der Waals surface area contributed by atoms with E-state index in [1.165, 1.54) is 25.4 Å². The van der Waals surface area contributed by atoms with Gasteiger partial charge in [0.15, 0.2) is 5.82 Å². The zero-order valence-electron chi connectivity index (χ0n) is 20.3. The fraction of sp³-hybridized carbons (Fsp3) is 0.308. The lowest BCUT2D eigenvalue weighted by Gasteiger charge is -2.34. The predicted octanol–water partition coefficient (Wildman–Crippen LogP) is 4.65. The molecule has 2 aromatic heterocycles. The highest BCUT2D eigenvalue weighted by Gasteiger charge is 2.25. The van der Waals surface area contributed by atoms with Crippen molar-refractivity contribution in [2.45, 2.75) is 25.8 Å². The molecule has 5 rings (SSSR count). The molecule has 8 nitrogen and oxygen atoms in total. The van der Waals surface area contributed by atoms with Gasteiger partial charge in [0.1, 0.15) is 22.8 Å². The molecule has 0 radical (unpaired) electrons. The van der Waals surface area contributed by atoms with Gasteiger partial charge in [0.25, 0.3) is 5.91 Å². The fourth-order valence-corrected chi connectivity index (χ4v) is 5.41. The van der Waals surface area contributed by atoms with Crippen LogP contribution in [0.4, 0.5) is 15.8 Å². The third-order valence-corrected chi connectivity index (χ3v) is 7.30. The first-order chi connectivity index (χ1) is 17.5. The number of amides is 1. The summed E-state index contributed by atoms with van der Waals surface area (Å²) in [5.41, 5.74) is 2.62. The van der Waals surface area contributed by atoms with E-state index in [-0.39, 0.29) is 23.1 Å². The third kappa shape index (κ3) is 4.61. The number of nitrogens with zero attached hydrogens (tertiary/aromatic N) is 4. The van der Waals surface area contributed by atoms with E-state index < -0.39 is 11.7 Å². The van der Waals surface area contributed by atoms with Crippen molar-refractivity contribution in [1.82, 2.24) is 20.3 Å². The van der Waals surface area contributed by atoms with Crippen molar-refractivity contribution in [2.75, 3.05) is 37.5 Å². The number of rotatable bonds is 6. The lowest BCUT2D eigenvalue weighted by molar-refractivity contribution is 0.102. The molecule has 36 heavy (non-hydrogen) atoms. The van der Waals surface area contributed by atoms with E-state index in [1.807, 2.05) is 26.1 Å². The standard InChI is InChI=1S/C26H27FN6O2S/c1-15-30-23-21(36-15)10-9-18(24(23)33(2)16-6-5-12-28-14-16)32-26(34)19-11-13-29-25(31-19)22-17(27)7-4-8-20(22)35-3/h4,7-11,13,16,28H,5-6,12,14H2,1-3H3,(H,32,34). The number of fused-ring (bicyclic) bond motifs is 1. The number of thiazole rings is 1. The van der Waals surface area contributed by atoms with Crippen LogP contribution in [0, 0.1) is 12.7 Å². The SMILES string of the molecule is COc1cccc(F)c1-c1nccc(C(=O)Nc2ccc3sc(C)nc3c2N(C)C2CCCNC2)n1. The molecule has 0 aliphatic carbocycles. The first-order valence-corrected chi connectivity index (χ1v) is 12.6. The van der Waals surface area contributed by atoms with Crippen molar-refractivity contribution in [3.05, 3.63) is 59.1 Å². The molecule has 0 spiro atoms. The summed E-state index contributed by atoms with van der Waals surface area (Å²) in [6.45, 7) is 3.86. The van der Waals surface area contributed by atoms with Crippen LogP contribution in [0.5, 0.6) is 5.75 Å². The average Bonchev–Trinajstić information content (AvgIpc) is 3.28. The van der Waals surface area contributed by atoms with Crippen molar-refractivity contribution < 1.29 is 13.9 Å². The largest absolute Gasteiger partial charge is 0.496 e. The zero-order valence-corrected chi connectivity index (χ0v) is 21.2. The number of benzene rings is 2. The molecule has 1 aliphatic heterocycles. The maximum absolute atomic E-state index is 14.6. The number of aromatic nitrogens is 3. The van der Waals surface area contributed by atoms with Crippen LogP contribution in [0.3, 0.4) is 0 Å². The van der Waals surface area contributed by atoms with E-state index in [9.17, 15) is 9.18 Å². The average molecular weight is 507 g/mol.